The first-order valence-corrected chi connectivity index (χ1v) is 15.6. The summed E-state index contributed by atoms with van der Waals surface area (Å²) >= 11 is 4.87. The molecule has 11 nitrogen and oxygen atoms in total. The van der Waals surface area contributed by atoms with Crippen LogP contribution in [0.2, 0.25) is 0 Å². The number of aromatic hydroxyl groups is 1. The van der Waals surface area contributed by atoms with Crippen LogP contribution in [0.4, 0.5) is 0 Å². The number of nitrogens with zero attached hydrogens (tertiary/aromatic N) is 3. The topological polar surface area (TPSA) is 175 Å². The molecule has 1 aromatic heterocycles. The lowest BCUT2D eigenvalue weighted by Crippen LogP contribution is -2.30. The Bertz CT molecular complexity index is 1710. The molecule has 0 fully saturated rings. The van der Waals surface area contributed by atoms with E-state index in [4.69, 9.17) is 21.8 Å². The highest BCUT2D eigenvalue weighted by atomic mass is 35.5. The van der Waals surface area contributed by atoms with Crippen LogP contribution in [0.5, 0.6) is 5.75 Å². The Kier molecular flexibility index (Phi) is 22.6. The number of aliphatic carboxylic acids is 1. The molecule has 0 saturated heterocycles. The second-order valence-corrected chi connectivity index (χ2v) is 11.7. The van der Waals surface area contributed by atoms with Gasteiger partial charge in [-0.15, -0.1) is 0 Å². The number of hydrogen-bond acceptors (Lipinski definition) is 9. The van der Waals surface area contributed by atoms with Crippen molar-refractivity contribution < 1.29 is 39.3 Å². The van der Waals surface area contributed by atoms with Gasteiger partial charge in [-0.05, 0) is 87.0 Å². The lowest BCUT2D eigenvalue weighted by Gasteiger charge is -2.18. The Hall–Kier alpha value is -5.22. The standard InChI is InChI=1S/C13H15NO.C10H13NO4.C10H9NO2.C4H5ClO.2CH4/c1-10(2)11-6-5-7-12(8-11)13(3,4)14-9-15;12-8-5-6-9(13)11(8)7-3-1-2-4-10(14)15;12-6-7-3-4-9(13)10-8(7)2-1-5-11-10;1-3(2)4(5)6;;/h5-8H,1H2,2-4H3;5-6H,1-4,7H2,(H,14,15);1-5,12-13H,6H2;1H2,2H3;2*1H4. The molecule has 4 rings (SSSR count). The van der Waals surface area contributed by atoms with E-state index >= 15 is 0 Å². The number of isocyanates is 1. The molecule has 0 spiro atoms. The first-order chi connectivity index (χ1) is 23.0. The number of hydrogen-bond donors (Lipinski definition) is 3. The van der Waals surface area contributed by atoms with E-state index in [2.05, 4.69) is 23.1 Å². The minimum absolute atomic E-state index is 0. The van der Waals surface area contributed by atoms with Gasteiger partial charge in [0.15, 0.2) is 0 Å². The Balaban J connectivity index is 0. The number of fused-ring (bicyclic) bond motifs is 1. The third-order valence-corrected chi connectivity index (χ3v) is 7.23. The third-order valence-electron chi connectivity index (χ3n) is 6.90. The van der Waals surface area contributed by atoms with Crippen molar-refractivity contribution in [3.05, 3.63) is 102 Å². The number of aromatic nitrogens is 1. The molecule has 276 valence electrons. The number of aliphatic hydroxyl groups excluding tert-OH is 1. The van der Waals surface area contributed by atoms with Crippen LogP contribution in [-0.2, 0) is 36.1 Å². The summed E-state index contributed by atoms with van der Waals surface area (Å²) in [5.41, 5.74) is 4.25. The molecule has 2 aromatic carbocycles. The van der Waals surface area contributed by atoms with Gasteiger partial charge in [-0.2, -0.15) is 4.99 Å². The number of aliphatic hydroxyl groups is 1. The maximum absolute atomic E-state index is 11.1. The van der Waals surface area contributed by atoms with Gasteiger partial charge in [-0.25, -0.2) is 4.79 Å². The second-order valence-electron chi connectivity index (χ2n) is 11.3. The van der Waals surface area contributed by atoms with Crippen molar-refractivity contribution in [2.24, 2.45) is 4.99 Å². The number of benzene rings is 2. The Labute approximate surface area is 305 Å². The van der Waals surface area contributed by atoms with Crippen LogP contribution >= 0.6 is 11.6 Å². The number of carbonyl (C=O) groups is 4. The number of rotatable bonds is 11. The van der Waals surface area contributed by atoms with Crippen LogP contribution in [0.15, 0.2) is 90.6 Å². The highest BCUT2D eigenvalue weighted by molar-refractivity contribution is 6.67. The molecule has 0 bridgehead atoms. The van der Waals surface area contributed by atoms with Gasteiger partial charge >= 0.3 is 5.97 Å². The van der Waals surface area contributed by atoms with E-state index in [-0.39, 0.29) is 45.4 Å². The summed E-state index contributed by atoms with van der Waals surface area (Å²) in [4.78, 5) is 61.5. The van der Waals surface area contributed by atoms with Gasteiger partial charge in [0.05, 0.1) is 12.1 Å². The lowest BCUT2D eigenvalue weighted by molar-refractivity contribution is -0.138. The van der Waals surface area contributed by atoms with Gasteiger partial charge in [0, 0.05) is 42.3 Å². The van der Waals surface area contributed by atoms with Crippen molar-refractivity contribution in [1.82, 2.24) is 9.88 Å². The molecule has 0 saturated carbocycles. The minimum atomic E-state index is -0.815. The summed E-state index contributed by atoms with van der Waals surface area (Å²) in [7, 11) is 0. The molecule has 3 N–H and O–H groups in total. The largest absolute Gasteiger partial charge is 0.506 e. The third kappa shape index (κ3) is 16.8. The van der Waals surface area contributed by atoms with Gasteiger partial charge in [0.2, 0.25) is 11.3 Å². The smallest absolute Gasteiger partial charge is 0.303 e. The van der Waals surface area contributed by atoms with Crippen LogP contribution in [0, 0.1) is 0 Å². The first kappa shape index (κ1) is 47.9. The number of unbranched alkanes of at least 4 members (excludes halogenated alkanes) is 2. The van der Waals surface area contributed by atoms with Gasteiger partial charge in [0.1, 0.15) is 11.3 Å². The SMILES string of the molecule is C.C.C=C(C)C(=O)Cl.C=C(C)c1cccc(C(C)(C)N=C=O)c1.O=C(O)CCCCCN1C(=O)C=CC1=O.OCc1ccc(O)c2ncccc12. The summed E-state index contributed by atoms with van der Waals surface area (Å²) in [6.07, 6.45) is 7.81. The number of carboxylic acid groups (broad SMARTS) is 1. The summed E-state index contributed by atoms with van der Waals surface area (Å²) < 4.78 is 0. The second kappa shape index (κ2) is 24.0. The first-order valence-electron chi connectivity index (χ1n) is 15.2. The number of phenols is 1. The number of halogens is 1. The zero-order valence-corrected chi connectivity index (χ0v) is 28.9. The molecule has 0 aliphatic carbocycles. The number of allylic oxidation sites excluding steroid dienone is 2. The van der Waals surface area contributed by atoms with Crippen molar-refractivity contribution in [2.75, 3.05) is 6.54 Å². The maximum Gasteiger partial charge on any atom is 0.303 e. The van der Waals surface area contributed by atoms with E-state index in [1.165, 1.54) is 17.1 Å². The van der Waals surface area contributed by atoms with Crippen molar-refractivity contribution in [2.45, 2.75) is 80.4 Å². The monoisotopic (exact) mass is 723 g/mol. The van der Waals surface area contributed by atoms with E-state index in [9.17, 15) is 29.1 Å². The molecule has 1 aliphatic rings. The number of aliphatic imine (C=N–C) groups is 1. The van der Waals surface area contributed by atoms with E-state index in [0.29, 0.717) is 36.9 Å². The molecule has 3 aromatic rings. The van der Waals surface area contributed by atoms with Crippen molar-refractivity contribution in [3.63, 3.8) is 0 Å². The Morgan fingerprint density at radius 1 is 0.980 bits per heavy atom. The molecule has 2 heterocycles. The quantitative estimate of drug-likeness (QED) is 0.0444. The normalized spacial score (nSPS) is 11.1. The van der Waals surface area contributed by atoms with Crippen LogP contribution in [-0.4, -0.2) is 60.9 Å². The van der Waals surface area contributed by atoms with E-state index in [1.807, 2.05) is 51.1 Å². The predicted octanol–water partition coefficient (Wildman–Crippen LogP) is 7.88. The maximum atomic E-state index is 11.1. The molecule has 1 aliphatic heterocycles. The molecule has 51 heavy (non-hydrogen) atoms. The fourth-order valence-corrected chi connectivity index (χ4v) is 4.07. The number of imide groups is 1. The van der Waals surface area contributed by atoms with Gasteiger partial charge < -0.3 is 15.3 Å². The Morgan fingerprint density at radius 3 is 2.10 bits per heavy atom. The number of carboxylic acids is 1. The molecule has 2 amide bonds. The van der Waals surface area contributed by atoms with Gasteiger partial charge in [-0.1, -0.05) is 70.3 Å². The number of phenolic OH excluding ortho intramolecular Hbond substituents is 1. The summed E-state index contributed by atoms with van der Waals surface area (Å²) in [5.74, 6) is -1.23. The lowest BCUT2D eigenvalue weighted by atomic mass is 9.92. The molecule has 0 atom stereocenters. The van der Waals surface area contributed by atoms with E-state index < -0.39 is 16.8 Å². The summed E-state index contributed by atoms with van der Waals surface area (Å²) in [5, 5.41) is 27.2. The molecule has 12 heteroatoms. The van der Waals surface area contributed by atoms with Crippen LogP contribution < -0.4 is 0 Å². The van der Waals surface area contributed by atoms with Crippen LogP contribution in [0.1, 0.15) is 84.9 Å². The average Bonchev–Trinajstić information content (AvgIpc) is 3.38. The number of pyridine rings is 1. The fraction of sp³-hybridized carbons (Fsp3) is 0.333. The molecule has 0 radical (unpaired) electrons. The highest BCUT2D eigenvalue weighted by Gasteiger charge is 2.22. The summed E-state index contributed by atoms with van der Waals surface area (Å²) in [6, 6.07) is 14.7. The minimum Gasteiger partial charge on any atom is -0.506 e. The van der Waals surface area contributed by atoms with E-state index in [1.54, 1.807) is 37.4 Å². The van der Waals surface area contributed by atoms with Crippen molar-refractivity contribution >= 4 is 57.2 Å². The van der Waals surface area contributed by atoms with Gasteiger partial charge in [-0.3, -0.25) is 29.1 Å². The van der Waals surface area contributed by atoms with Crippen molar-refractivity contribution in [1.29, 1.82) is 0 Å². The molecular weight excluding hydrogens is 674 g/mol. The molecular formula is C39H50ClN3O8. The molecule has 0 unspecified atom stereocenters. The highest BCUT2D eigenvalue weighted by Crippen LogP contribution is 2.27. The Morgan fingerprint density at radius 2 is 1.59 bits per heavy atom. The summed E-state index contributed by atoms with van der Waals surface area (Å²) in [6.45, 7) is 14.8. The van der Waals surface area contributed by atoms with Crippen molar-refractivity contribution in [3.8, 4) is 5.75 Å². The van der Waals surface area contributed by atoms with Crippen LogP contribution in [0.3, 0.4) is 0 Å². The van der Waals surface area contributed by atoms with Crippen LogP contribution in [0.25, 0.3) is 16.5 Å². The number of amides is 2. The zero-order chi connectivity index (χ0) is 37.1. The number of carbonyl (C=O) groups excluding carboxylic acids is 4. The fourth-order valence-electron chi connectivity index (χ4n) is 4.07. The van der Waals surface area contributed by atoms with Gasteiger partial charge in [0.25, 0.3) is 11.8 Å². The predicted molar refractivity (Wildman–Crippen MR) is 203 cm³/mol. The zero-order valence-electron chi connectivity index (χ0n) is 28.1. The van der Waals surface area contributed by atoms with E-state index in [0.717, 1.165) is 27.6 Å². The average molecular weight is 724 g/mol.